The first-order chi connectivity index (χ1) is 6.57. The highest BCUT2D eigenvalue weighted by molar-refractivity contribution is 5.40. The van der Waals surface area contributed by atoms with E-state index in [4.69, 9.17) is 5.73 Å². The van der Waals surface area contributed by atoms with Crippen molar-refractivity contribution in [3.8, 4) is 0 Å². The van der Waals surface area contributed by atoms with Gasteiger partial charge in [-0.1, -0.05) is 0 Å². The lowest BCUT2D eigenvalue weighted by Crippen LogP contribution is -2.07. The van der Waals surface area contributed by atoms with Gasteiger partial charge in [0, 0.05) is 6.54 Å². The lowest BCUT2D eigenvalue weighted by atomic mass is 10.1. The van der Waals surface area contributed by atoms with E-state index in [9.17, 15) is 18.9 Å². The van der Waals surface area contributed by atoms with Gasteiger partial charge in [-0.2, -0.15) is 0 Å². The number of hydrogen-bond donors (Lipinski definition) is 1. The van der Waals surface area contributed by atoms with Crippen LogP contribution in [-0.4, -0.2) is 9.91 Å². The molecule has 1 rings (SSSR count). The molecule has 14 heavy (non-hydrogen) atoms. The lowest BCUT2D eigenvalue weighted by Gasteiger charge is -2.05. The first-order valence-electron chi connectivity index (χ1n) is 3.68. The number of pyridine rings is 1. The predicted molar refractivity (Wildman–Crippen MR) is 43.7 cm³/mol. The molecule has 0 aliphatic heterocycles. The SMILES string of the molecule is NCc1ccnc([N+](=O)[O-])c1C(F)F. The van der Waals surface area contributed by atoms with E-state index >= 15 is 0 Å². The van der Waals surface area contributed by atoms with Crippen LogP contribution in [0.3, 0.4) is 0 Å². The van der Waals surface area contributed by atoms with Gasteiger partial charge in [0.15, 0.2) is 0 Å². The van der Waals surface area contributed by atoms with Crippen molar-refractivity contribution in [2.45, 2.75) is 13.0 Å². The van der Waals surface area contributed by atoms with E-state index in [0.29, 0.717) is 0 Å². The van der Waals surface area contributed by atoms with Gasteiger partial charge in [-0.25, -0.2) is 8.78 Å². The average molecular weight is 203 g/mol. The molecule has 0 aliphatic rings. The van der Waals surface area contributed by atoms with Gasteiger partial charge >= 0.3 is 5.82 Å². The van der Waals surface area contributed by atoms with E-state index in [1.165, 1.54) is 6.07 Å². The zero-order valence-electron chi connectivity index (χ0n) is 6.98. The van der Waals surface area contributed by atoms with Crippen LogP contribution in [0, 0.1) is 10.1 Å². The van der Waals surface area contributed by atoms with E-state index < -0.39 is 22.7 Å². The van der Waals surface area contributed by atoms with E-state index in [1.807, 2.05) is 0 Å². The van der Waals surface area contributed by atoms with Crippen LogP contribution in [0.5, 0.6) is 0 Å². The molecule has 0 aliphatic carbocycles. The number of aromatic nitrogens is 1. The Hall–Kier alpha value is -1.63. The molecule has 0 unspecified atom stereocenters. The summed E-state index contributed by atoms with van der Waals surface area (Å²) in [4.78, 5) is 12.7. The summed E-state index contributed by atoms with van der Waals surface area (Å²) in [5, 5.41) is 10.4. The molecule has 1 aromatic rings. The number of halogens is 2. The third-order valence-corrected chi connectivity index (χ3v) is 1.67. The molecule has 0 saturated heterocycles. The number of nitro groups is 1. The van der Waals surface area contributed by atoms with Crippen molar-refractivity contribution in [2.24, 2.45) is 5.73 Å². The second-order valence-corrected chi connectivity index (χ2v) is 2.47. The summed E-state index contributed by atoms with van der Waals surface area (Å²) in [5.41, 5.74) is 4.52. The predicted octanol–water partition coefficient (Wildman–Crippen LogP) is 1.39. The second-order valence-electron chi connectivity index (χ2n) is 2.47. The van der Waals surface area contributed by atoms with Gasteiger partial charge in [-0.05, 0) is 21.5 Å². The summed E-state index contributed by atoms with van der Waals surface area (Å²) < 4.78 is 24.9. The Labute approximate surface area is 77.7 Å². The van der Waals surface area contributed by atoms with Crippen molar-refractivity contribution < 1.29 is 13.7 Å². The smallest absolute Gasteiger partial charge is 0.358 e. The molecule has 2 N–H and O–H groups in total. The molecule has 0 spiro atoms. The third kappa shape index (κ3) is 1.82. The molecule has 0 radical (unpaired) electrons. The molecule has 1 aromatic heterocycles. The molecule has 0 saturated carbocycles. The van der Waals surface area contributed by atoms with E-state index in [0.717, 1.165) is 6.20 Å². The average Bonchev–Trinajstić information content (AvgIpc) is 2.16. The molecule has 5 nitrogen and oxygen atoms in total. The largest absolute Gasteiger partial charge is 0.372 e. The van der Waals surface area contributed by atoms with Crippen LogP contribution < -0.4 is 5.73 Å². The number of alkyl halides is 2. The number of rotatable bonds is 3. The Morgan fingerprint density at radius 3 is 2.71 bits per heavy atom. The van der Waals surface area contributed by atoms with Crippen molar-refractivity contribution in [3.63, 3.8) is 0 Å². The summed E-state index contributed by atoms with van der Waals surface area (Å²) in [6, 6.07) is 1.24. The molecular formula is C7H7F2N3O2. The standard InChI is InChI=1S/C7H7F2N3O2/c8-6(9)5-4(3-10)1-2-11-7(5)12(13)14/h1-2,6H,3,10H2. The summed E-state index contributed by atoms with van der Waals surface area (Å²) in [6.07, 6.45) is -1.85. The summed E-state index contributed by atoms with van der Waals surface area (Å²) in [5.74, 6) is -0.831. The summed E-state index contributed by atoms with van der Waals surface area (Å²) in [7, 11) is 0. The van der Waals surface area contributed by atoms with E-state index in [1.54, 1.807) is 0 Å². The van der Waals surface area contributed by atoms with Gasteiger partial charge in [-0.15, -0.1) is 0 Å². The van der Waals surface area contributed by atoms with Crippen molar-refractivity contribution in [1.82, 2.24) is 4.98 Å². The fourth-order valence-corrected chi connectivity index (χ4v) is 1.06. The minimum absolute atomic E-state index is 0.0432. The fourth-order valence-electron chi connectivity index (χ4n) is 1.06. The molecule has 1 heterocycles. The van der Waals surface area contributed by atoms with Crippen molar-refractivity contribution in [2.75, 3.05) is 0 Å². The highest BCUT2D eigenvalue weighted by Crippen LogP contribution is 2.29. The maximum absolute atomic E-state index is 12.4. The zero-order chi connectivity index (χ0) is 10.7. The second kappa shape index (κ2) is 4.05. The van der Waals surface area contributed by atoms with Crippen LogP contribution in [0.4, 0.5) is 14.6 Å². The topological polar surface area (TPSA) is 82.0 Å². The van der Waals surface area contributed by atoms with Crippen LogP contribution in [0.15, 0.2) is 12.3 Å². The van der Waals surface area contributed by atoms with Gasteiger partial charge in [-0.3, -0.25) is 0 Å². The maximum atomic E-state index is 12.4. The fraction of sp³-hybridized carbons (Fsp3) is 0.286. The molecule has 0 bridgehead atoms. The van der Waals surface area contributed by atoms with Gasteiger partial charge in [0.05, 0.1) is 0 Å². The monoisotopic (exact) mass is 203 g/mol. The van der Waals surface area contributed by atoms with Crippen LogP contribution >= 0.6 is 0 Å². The Morgan fingerprint density at radius 1 is 1.64 bits per heavy atom. The van der Waals surface area contributed by atoms with Crippen molar-refractivity contribution >= 4 is 5.82 Å². The number of nitrogens with two attached hydrogens (primary N) is 1. The van der Waals surface area contributed by atoms with Crippen molar-refractivity contribution in [3.05, 3.63) is 33.5 Å². The van der Waals surface area contributed by atoms with Gasteiger partial charge in [0.1, 0.15) is 11.8 Å². The molecule has 0 fully saturated rings. The van der Waals surface area contributed by atoms with Gasteiger partial charge in [0.2, 0.25) is 0 Å². The zero-order valence-corrected chi connectivity index (χ0v) is 6.98. The Morgan fingerprint density at radius 2 is 2.29 bits per heavy atom. The normalized spacial score (nSPS) is 10.6. The maximum Gasteiger partial charge on any atom is 0.372 e. The Kier molecular flexibility index (Phi) is 3.03. The Bertz CT molecular complexity index is 357. The third-order valence-electron chi connectivity index (χ3n) is 1.67. The number of hydrogen-bond acceptors (Lipinski definition) is 4. The number of nitrogens with zero attached hydrogens (tertiary/aromatic N) is 2. The molecule has 0 atom stereocenters. The highest BCUT2D eigenvalue weighted by atomic mass is 19.3. The van der Waals surface area contributed by atoms with Gasteiger partial charge in [0.25, 0.3) is 6.43 Å². The van der Waals surface area contributed by atoms with Crippen LogP contribution in [-0.2, 0) is 6.54 Å². The summed E-state index contributed by atoms with van der Waals surface area (Å²) in [6.45, 7) is -0.178. The molecule has 0 aromatic carbocycles. The first kappa shape index (κ1) is 10.5. The van der Waals surface area contributed by atoms with Gasteiger partial charge < -0.3 is 15.8 Å². The van der Waals surface area contributed by atoms with Crippen LogP contribution in [0.25, 0.3) is 0 Å². The molecular weight excluding hydrogens is 196 g/mol. The van der Waals surface area contributed by atoms with Crippen molar-refractivity contribution in [1.29, 1.82) is 0 Å². The minimum atomic E-state index is -2.94. The molecule has 7 heteroatoms. The minimum Gasteiger partial charge on any atom is -0.358 e. The lowest BCUT2D eigenvalue weighted by molar-refractivity contribution is -0.391. The molecule has 76 valence electrons. The first-order valence-corrected chi connectivity index (χ1v) is 3.68. The summed E-state index contributed by atoms with van der Waals surface area (Å²) >= 11 is 0. The van der Waals surface area contributed by atoms with E-state index in [2.05, 4.69) is 4.98 Å². The molecule has 0 amide bonds. The highest BCUT2D eigenvalue weighted by Gasteiger charge is 2.25. The Balaban J connectivity index is 3.35. The van der Waals surface area contributed by atoms with Crippen LogP contribution in [0.1, 0.15) is 17.6 Å². The van der Waals surface area contributed by atoms with E-state index in [-0.39, 0.29) is 12.1 Å². The van der Waals surface area contributed by atoms with Crippen LogP contribution in [0.2, 0.25) is 0 Å². The quantitative estimate of drug-likeness (QED) is 0.594.